The molecule has 0 aliphatic carbocycles. The lowest BCUT2D eigenvalue weighted by Crippen LogP contribution is -2.01. The molecule has 2 N–H and O–H groups in total. The highest BCUT2D eigenvalue weighted by molar-refractivity contribution is 7.16. The van der Waals surface area contributed by atoms with Crippen molar-refractivity contribution in [3.8, 4) is 0 Å². The number of nitrogens with zero attached hydrogens (tertiary/aromatic N) is 2. The van der Waals surface area contributed by atoms with Crippen molar-refractivity contribution in [3.05, 3.63) is 40.5 Å². The molecule has 3 aromatic rings. The summed E-state index contributed by atoms with van der Waals surface area (Å²) in [5.74, 6) is 0.732. The molecule has 0 unspecified atom stereocenters. The molecule has 0 radical (unpaired) electrons. The Morgan fingerprint density at radius 2 is 2.10 bits per heavy atom. The van der Waals surface area contributed by atoms with E-state index in [-0.39, 0.29) is 5.02 Å². The first-order valence-corrected chi connectivity index (χ1v) is 7.08. The fourth-order valence-corrected chi connectivity index (χ4v) is 2.72. The van der Waals surface area contributed by atoms with E-state index in [9.17, 15) is 4.39 Å². The maximum absolute atomic E-state index is 13.2. The van der Waals surface area contributed by atoms with Crippen molar-refractivity contribution in [1.82, 2.24) is 9.97 Å². The lowest BCUT2D eigenvalue weighted by atomic mass is 10.3. The van der Waals surface area contributed by atoms with Crippen LogP contribution in [0.15, 0.2) is 29.6 Å². The van der Waals surface area contributed by atoms with Gasteiger partial charge in [0, 0.05) is 12.7 Å². The zero-order valence-corrected chi connectivity index (χ0v) is 12.0. The van der Waals surface area contributed by atoms with E-state index in [1.807, 2.05) is 11.4 Å². The fraction of sp³-hybridized carbons (Fsp3) is 0.0769. The molecule has 2 aromatic heterocycles. The minimum absolute atomic E-state index is 0.0689. The predicted molar refractivity (Wildman–Crippen MR) is 81.7 cm³/mol. The Labute approximate surface area is 123 Å². The zero-order chi connectivity index (χ0) is 14.1. The van der Waals surface area contributed by atoms with Crippen LogP contribution < -0.4 is 10.6 Å². The van der Waals surface area contributed by atoms with Crippen LogP contribution in [0.5, 0.6) is 0 Å². The number of benzene rings is 1. The predicted octanol–water partition coefficient (Wildman–Crippen LogP) is 4.27. The maximum atomic E-state index is 13.2. The van der Waals surface area contributed by atoms with Crippen LogP contribution in [0.3, 0.4) is 0 Å². The number of aromatic nitrogens is 2. The summed E-state index contributed by atoms with van der Waals surface area (Å²) in [5.41, 5.74) is 0.671. The number of thiophene rings is 1. The smallest absolute Gasteiger partial charge is 0.225 e. The van der Waals surface area contributed by atoms with E-state index < -0.39 is 5.82 Å². The molecule has 0 atom stereocenters. The quantitative estimate of drug-likeness (QED) is 0.758. The molecular formula is C13H10ClFN4S. The lowest BCUT2D eigenvalue weighted by Gasteiger charge is -2.09. The topological polar surface area (TPSA) is 49.8 Å². The summed E-state index contributed by atoms with van der Waals surface area (Å²) in [6.07, 6.45) is 0. The molecule has 0 spiro atoms. The van der Waals surface area contributed by atoms with Gasteiger partial charge < -0.3 is 10.6 Å². The molecule has 20 heavy (non-hydrogen) atoms. The Kier molecular flexibility index (Phi) is 3.42. The third kappa shape index (κ3) is 2.39. The number of hydrogen-bond donors (Lipinski definition) is 2. The van der Waals surface area contributed by atoms with E-state index in [1.165, 1.54) is 23.5 Å². The second-order valence-corrected chi connectivity index (χ2v) is 5.34. The molecule has 0 aliphatic rings. The van der Waals surface area contributed by atoms with Gasteiger partial charge in [-0.15, -0.1) is 11.3 Å². The molecule has 0 saturated carbocycles. The molecule has 2 heterocycles. The first-order chi connectivity index (χ1) is 9.67. The van der Waals surface area contributed by atoms with Crippen LogP contribution in [0.1, 0.15) is 0 Å². The Morgan fingerprint density at radius 3 is 2.85 bits per heavy atom. The SMILES string of the molecule is CNc1nc(Nc2ccc(F)c(Cl)c2)c2ccsc2n1. The molecule has 1 aromatic carbocycles. The van der Waals surface area contributed by atoms with E-state index in [4.69, 9.17) is 11.6 Å². The van der Waals surface area contributed by atoms with Crippen molar-refractivity contribution < 1.29 is 4.39 Å². The van der Waals surface area contributed by atoms with Crippen molar-refractivity contribution >= 4 is 50.6 Å². The van der Waals surface area contributed by atoms with Crippen LogP contribution in [0.4, 0.5) is 21.8 Å². The number of rotatable bonds is 3. The summed E-state index contributed by atoms with van der Waals surface area (Å²) >= 11 is 7.31. The van der Waals surface area contributed by atoms with Gasteiger partial charge in [-0.25, -0.2) is 9.37 Å². The third-order valence-electron chi connectivity index (χ3n) is 2.73. The van der Waals surface area contributed by atoms with Crippen LogP contribution in [-0.4, -0.2) is 17.0 Å². The molecular weight excluding hydrogens is 299 g/mol. The normalized spacial score (nSPS) is 10.8. The van der Waals surface area contributed by atoms with Crippen LogP contribution >= 0.6 is 22.9 Å². The van der Waals surface area contributed by atoms with Gasteiger partial charge in [0.1, 0.15) is 16.5 Å². The van der Waals surface area contributed by atoms with E-state index in [0.717, 1.165) is 10.2 Å². The number of halogens is 2. The van der Waals surface area contributed by atoms with Gasteiger partial charge in [-0.2, -0.15) is 4.98 Å². The highest BCUT2D eigenvalue weighted by atomic mass is 35.5. The molecule has 0 amide bonds. The van der Waals surface area contributed by atoms with Crippen molar-refractivity contribution in [1.29, 1.82) is 0 Å². The number of fused-ring (bicyclic) bond motifs is 1. The zero-order valence-electron chi connectivity index (χ0n) is 10.4. The fourth-order valence-electron chi connectivity index (χ4n) is 1.77. The highest BCUT2D eigenvalue weighted by Crippen LogP contribution is 2.29. The second-order valence-electron chi connectivity index (χ2n) is 4.04. The summed E-state index contributed by atoms with van der Waals surface area (Å²) in [4.78, 5) is 9.61. The van der Waals surface area contributed by atoms with Crippen LogP contribution in [-0.2, 0) is 0 Å². The first-order valence-electron chi connectivity index (χ1n) is 5.82. The molecule has 0 fully saturated rings. The van der Waals surface area contributed by atoms with Gasteiger partial charge in [-0.05, 0) is 29.6 Å². The molecule has 0 bridgehead atoms. The Bertz CT molecular complexity index is 774. The van der Waals surface area contributed by atoms with Gasteiger partial charge >= 0.3 is 0 Å². The molecule has 0 aliphatic heterocycles. The maximum Gasteiger partial charge on any atom is 0.225 e. The van der Waals surface area contributed by atoms with Gasteiger partial charge in [0.2, 0.25) is 5.95 Å². The Balaban J connectivity index is 2.04. The molecule has 102 valence electrons. The monoisotopic (exact) mass is 308 g/mol. The molecule has 0 saturated heterocycles. The standard InChI is InChI=1S/C13H10ClFN4S/c1-16-13-18-11(8-4-5-20-12(8)19-13)17-7-2-3-10(15)9(14)6-7/h2-6H,1H3,(H2,16,17,18,19). The van der Waals surface area contributed by atoms with Gasteiger partial charge in [0.15, 0.2) is 0 Å². The van der Waals surface area contributed by atoms with Crippen molar-refractivity contribution in [2.45, 2.75) is 0 Å². The van der Waals surface area contributed by atoms with Crippen LogP contribution in [0, 0.1) is 5.82 Å². The summed E-state index contributed by atoms with van der Waals surface area (Å²) in [6, 6.07) is 6.39. The molecule has 4 nitrogen and oxygen atoms in total. The van der Waals surface area contributed by atoms with E-state index in [0.29, 0.717) is 17.5 Å². The van der Waals surface area contributed by atoms with Crippen molar-refractivity contribution in [2.75, 3.05) is 17.7 Å². The van der Waals surface area contributed by atoms with Gasteiger partial charge in [-0.3, -0.25) is 0 Å². The Morgan fingerprint density at radius 1 is 1.25 bits per heavy atom. The van der Waals surface area contributed by atoms with Crippen LogP contribution in [0.25, 0.3) is 10.2 Å². The van der Waals surface area contributed by atoms with Gasteiger partial charge in [0.05, 0.1) is 10.4 Å². The summed E-state index contributed by atoms with van der Waals surface area (Å²) in [7, 11) is 1.76. The minimum Gasteiger partial charge on any atom is -0.357 e. The molecule has 7 heteroatoms. The van der Waals surface area contributed by atoms with Crippen molar-refractivity contribution in [3.63, 3.8) is 0 Å². The van der Waals surface area contributed by atoms with E-state index >= 15 is 0 Å². The summed E-state index contributed by atoms with van der Waals surface area (Å²) < 4.78 is 13.2. The lowest BCUT2D eigenvalue weighted by molar-refractivity contribution is 0.628. The van der Waals surface area contributed by atoms with Crippen LogP contribution in [0.2, 0.25) is 5.02 Å². The van der Waals surface area contributed by atoms with Crippen molar-refractivity contribution in [2.24, 2.45) is 0 Å². The van der Waals surface area contributed by atoms with Gasteiger partial charge in [0.25, 0.3) is 0 Å². The first kappa shape index (κ1) is 13.1. The van der Waals surface area contributed by atoms with Gasteiger partial charge in [-0.1, -0.05) is 11.6 Å². The Hall–Kier alpha value is -1.92. The van der Waals surface area contributed by atoms with E-state index in [2.05, 4.69) is 20.6 Å². The second kappa shape index (κ2) is 5.22. The number of anilines is 3. The molecule has 3 rings (SSSR count). The minimum atomic E-state index is -0.448. The summed E-state index contributed by atoms with van der Waals surface area (Å²) in [6.45, 7) is 0. The van der Waals surface area contributed by atoms with E-state index in [1.54, 1.807) is 13.1 Å². The largest absolute Gasteiger partial charge is 0.357 e. The highest BCUT2D eigenvalue weighted by Gasteiger charge is 2.09. The number of hydrogen-bond acceptors (Lipinski definition) is 5. The average molecular weight is 309 g/mol. The summed E-state index contributed by atoms with van der Waals surface area (Å²) in [5, 5.41) is 8.98. The average Bonchev–Trinajstić information content (AvgIpc) is 2.91. The third-order valence-corrected chi connectivity index (χ3v) is 3.83. The number of nitrogens with one attached hydrogen (secondary N) is 2.